The first kappa shape index (κ1) is 18.9. The van der Waals surface area contributed by atoms with Crippen LogP contribution in [0, 0.1) is 5.92 Å². The SMILES string of the molecule is COC(=O)C(CC(C)C)NC(=O)Nc1cccc(S(N)(=O)=O)c1. The molecule has 0 aromatic heterocycles. The van der Waals surface area contributed by atoms with Crippen LogP contribution in [0.3, 0.4) is 0 Å². The van der Waals surface area contributed by atoms with E-state index >= 15 is 0 Å². The summed E-state index contributed by atoms with van der Waals surface area (Å²) in [7, 11) is -2.62. The van der Waals surface area contributed by atoms with Crippen LogP contribution in [0.25, 0.3) is 0 Å². The zero-order valence-corrected chi connectivity index (χ0v) is 14.0. The summed E-state index contributed by atoms with van der Waals surface area (Å²) in [6.45, 7) is 3.82. The summed E-state index contributed by atoms with van der Waals surface area (Å²) in [6, 6.07) is 4.05. The third kappa shape index (κ3) is 6.25. The van der Waals surface area contributed by atoms with E-state index in [0.717, 1.165) is 0 Å². The van der Waals surface area contributed by atoms with Crippen LogP contribution in [0.2, 0.25) is 0 Å². The van der Waals surface area contributed by atoms with Crippen molar-refractivity contribution in [3.8, 4) is 0 Å². The lowest BCUT2D eigenvalue weighted by molar-refractivity contribution is -0.143. The van der Waals surface area contributed by atoms with Crippen molar-refractivity contribution in [1.29, 1.82) is 0 Å². The molecule has 0 aliphatic heterocycles. The van der Waals surface area contributed by atoms with E-state index in [0.29, 0.717) is 6.42 Å². The third-order valence-corrected chi connectivity index (χ3v) is 3.83. The quantitative estimate of drug-likeness (QED) is 0.665. The van der Waals surface area contributed by atoms with Gasteiger partial charge in [0.25, 0.3) is 0 Å². The third-order valence-electron chi connectivity index (χ3n) is 2.92. The van der Waals surface area contributed by atoms with Crippen molar-refractivity contribution in [2.75, 3.05) is 12.4 Å². The molecule has 1 rings (SSSR count). The standard InChI is InChI=1S/C14H21N3O5S/c1-9(2)7-12(13(18)22-3)17-14(19)16-10-5-4-6-11(8-10)23(15,20)21/h4-6,8-9,12H,7H2,1-3H3,(H2,15,20,21)(H2,16,17,19). The molecular weight excluding hydrogens is 322 g/mol. The van der Waals surface area contributed by atoms with Crippen molar-refractivity contribution in [2.24, 2.45) is 11.1 Å². The van der Waals surface area contributed by atoms with Gasteiger partial charge in [0.15, 0.2) is 0 Å². The number of carbonyl (C=O) groups is 2. The second-order valence-electron chi connectivity index (χ2n) is 5.38. The Morgan fingerprint density at radius 1 is 1.30 bits per heavy atom. The molecule has 1 unspecified atom stereocenters. The number of rotatable bonds is 6. The normalized spacial score (nSPS) is 12.6. The van der Waals surface area contributed by atoms with Gasteiger partial charge in [-0.1, -0.05) is 19.9 Å². The number of methoxy groups -OCH3 is 1. The number of nitrogens with two attached hydrogens (primary N) is 1. The fourth-order valence-corrected chi connectivity index (χ4v) is 2.46. The Balaban J connectivity index is 2.80. The zero-order valence-electron chi connectivity index (χ0n) is 13.2. The number of amides is 2. The first-order valence-electron chi connectivity index (χ1n) is 6.91. The number of carbonyl (C=O) groups excluding carboxylic acids is 2. The number of ether oxygens (including phenoxy) is 1. The van der Waals surface area contributed by atoms with Gasteiger partial charge in [0.05, 0.1) is 12.0 Å². The molecular formula is C14H21N3O5S. The highest BCUT2D eigenvalue weighted by Gasteiger charge is 2.22. The largest absolute Gasteiger partial charge is 0.467 e. The Labute approximate surface area is 135 Å². The van der Waals surface area contributed by atoms with Crippen LogP contribution in [-0.4, -0.2) is 33.6 Å². The van der Waals surface area contributed by atoms with Crippen LogP contribution in [0.4, 0.5) is 10.5 Å². The van der Waals surface area contributed by atoms with E-state index in [1.807, 2.05) is 13.8 Å². The number of hydrogen-bond acceptors (Lipinski definition) is 5. The molecule has 1 atom stereocenters. The van der Waals surface area contributed by atoms with E-state index in [-0.39, 0.29) is 16.5 Å². The van der Waals surface area contributed by atoms with Gasteiger partial charge in [0.1, 0.15) is 6.04 Å². The molecule has 0 saturated heterocycles. The van der Waals surface area contributed by atoms with Gasteiger partial charge in [-0.15, -0.1) is 0 Å². The molecule has 0 spiro atoms. The number of urea groups is 1. The molecule has 0 bridgehead atoms. The summed E-state index contributed by atoms with van der Waals surface area (Å²) < 4.78 is 27.2. The lowest BCUT2D eigenvalue weighted by Gasteiger charge is -2.18. The van der Waals surface area contributed by atoms with Gasteiger partial charge >= 0.3 is 12.0 Å². The molecule has 0 aliphatic rings. The van der Waals surface area contributed by atoms with Gasteiger partial charge < -0.3 is 15.4 Å². The van der Waals surface area contributed by atoms with E-state index in [1.165, 1.54) is 31.4 Å². The van der Waals surface area contributed by atoms with E-state index in [9.17, 15) is 18.0 Å². The minimum atomic E-state index is -3.86. The maximum absolute atomic E-state index is 12.0. The van der Waals surface area contributed by atoms with Crippen LogP contribution < -0.4 is 15.8 Å². The molecule has 8 nitrogen and oxygen atoms in total. The predicted molar refractivity (Wildman–Crippen MR) is 85.2 cm³/mol. The fourth-order valence-electron chi connectivity index (χ4n) is 1.90. The van der Waals surface area contributed by atoms with Gasteiger partial charge in [0.2, 0.25) is 10.0 Å². The fraction of sp³-hybridized carbons (Fsp3) is 0.429. The predicted octanol–water partition coefficient (Wildman–Crippen LogP) is 1.04. The monoisotopic (exact) mass is 343 g/mol. The maximum atomic E-state index is 12.0. The van der Waals surface area contributed by atoms with Crippen molar-refractivity contribution in [2.45, 2.75) is 31.2 Å². The van der Waals surface area contributed by atoms with Crippen molar-refractivity contribution in [3.05, 3.63) is 24.3 Å². The summed E-state index contributed by atoms with van der Waals surface area (Å²) in [5.74, 6) is -0.378. The molecule has 0 fully saturated rings. The first-order valence-corrected chi connectivity index (χ1v) is 8.46. The Hall–Kier alpha value is -2.13. The highest BCUT2D eigenvalue weighted by Crippen LogP contribution is 2.14. The van der Waals surface area contributed by atoms with Crippen LogP contribution in [-0.2, 0) is 19.6 Å². The summed E-state index contributed by atoms with van der Waals surface area (Å²) in [5.41, 5.74) is 0.238. The van der Waals surface area contributed by atoms with Gasteiger partial charge in [0, 0.05) is 5.69 Å². The molecule has 0 heterocycles. The number of benzene rings is 1. The number of hydrogen-bond donors (Lipinski definition) is 3. The Morgan fingerprint density at radius 3 is 2.48 bits per heavy atom. The molecule has 9 heteroatoms. The van der Waals surface area contributed by atoms with Crippen molar-refractivity contribution in [1.82, 2.24) is 5.32 Å². The Kier molecular flexibility index (Phi) is 6.52. The van der Waals surface area contributed by atoms with Crippen molar-refractivity contribution in [3.63, 3.8) is 0 Å². The average molecular weight is 343 g/mol. The van der Waals surface area contributed by atoms with Crippen molar-refractivity contribution < 1.29 is 22.7 Å². The summed E-state index contributed by atoms with van der Waals surface area (Å²) in [6.07, 6.45) is 0.414. The highest BCUT2D eigenvalue weighted by atomic mass is 32.2. The summed E-state index contributed by atoms with van der Waals surface area (Å²) in [5, 5.41) is 9.99. The summed E-state index contributed by atoms with van der Waals surface area (Å²) >= 11 is 0. The maximum Gasteiger partial charge on any atom is 0.328 e. The first-order chi connectivity index (χ1) is 10.6. The number of primary sulfonamides is 1. The second kappa shape index (κ2) is 7.93. The lowest BCUT2D eigenvalue weighted by Crippen LogP contribution is -2.44. The highest BCUT2D eigenvalue weighted by molar-refractivity contribution is 7.89. The van der Waals surface area contributed by atoms with Crippen LogP contribution in [0.15, 0.2) is 29.2 Å². The number of esters is 1. The smallest absolute Gasteiger partial charge is 0.328 e. The molecule has 4 N–H and O–H groups in total. The number of anilines is 1. The van der Waals surface area contributed by atoms with Crippen LogP contribution in [0.1, 0.15) is 20.3 Å². The van der Waals surface area contributed by atoms with Crippen LogP contribution >= 0.6 is 0 Å². The summed E-state index contributed by atoms with van der Waals surface area (Å²) in [4.78, 5) is 23.5. The van der Waals surface area contributed by atoms with Gasteiger partial charge in [-0.3, -0.25) is 0 Å². The minimum absolute atomic E-state index is 0.123. The van der Waals surface area contributed by atoms with Crippen LogP contribution in [0.5, 0.6) is 0 Å². The molecule has 0 saturated carbocycles. The molecule has 23 heavy (non-hydrogen) atoms. The zero-order chi connectivity index (χ0) is 17.6. The van der Waals surface area contributed by atoms with E-state index in [1.54, 1.807) is 0 Å². The minimum Gasteiger partial charge on any atom is -0.467 e. The van der Waals surface area contributed by atoms with Crippen molar-refractivity contribution >= 4 is 27.7 Å². The van der Waals surface area contributed by atoms with E-state index < -0.39 is 28.1 Å². The molecule has 0 radical (unpaired) electrons. The molecule has 2 amide bonds. The molecule has 1 aromatic rings. The van der Waals surface area contributed by atoms with E-state index in [4.69, 9.17) is 5.14 Å². The molecule has 0 aliphatic carbocycles. The molecule has 1 aromatic carbocycles. The van der Waals surface area contributed by atoms with E-state index in [2.05, 4.69) is 15.4 Å². The second-order valence-corrected chi connectivity index (χ2v) is 6.94. The number of nitrogens with one attached hydrogen (secondary N) is 2. The Bertz CT molecular complexity index is 673. The number of sulfonamides is 1. The molecule has 128 valence electrons. The van der Waals surface area contributed by atoms with Gasteiger partial charge in [-0.2, -0.15) is 0 Å². The average Bonchev–Trinajstić information content (AvgIpc) is 2.44. The van der Waals surface area contributed by atoms with Gasteiger partial charge in [-0.25, -0.2) is 23.1 Å². The lowest BCUT2D eigenvalue weighted by atomic mass is 10.0. The van der Waals surface area contributed by atoms with Gasteiger partial charge in [-0.05, 0) is 30.5 Å². The topological polar surface area (TPSA) is 128 Å². The Morgan fingerprint density at radius 2 is 1.96 bits per heavy atom.